The van der Waals surface area contributed by atoms with Gasteiger partial charge >= 0.3 is 0 Å². The fourth-order valence-electron chi connectivity index (χ4n) is 3.01. The van der Waals surface area contributed by atoms with Gasteiger partial charge in [-0.2, -0.15) is 4.31 Å². The van der Waals surface area contributed by atoms with E-state index in [1.54, 1.807) is 19.1 Å². The Morgan fingerprint density at radius 3 is 2.41 bits per heavy atom. The van der Waals surface area contributed by atoms with Gasteiger partial charge in [-0.3, -0.25) is 4.79 Å². The van der Waals surface area contributed by atoms with Gasteiger partial charge in [-0.15, -0.1) is 0 Å². The van der Waals surface area contributed by atoms with Crippen LogP contribution < -0.4 is 10.4 Å². The molecule has 3 rings (SSSR count). The lowest BCUT2D eigenvalue weighted by Crippen LogP contribution is -2.28. The van der Waals surface area contributed by atoms with Crippen molar-refractivity contribution in [3.63, 3.8) is 0 Å². The molecule has 0 atom stereocenters. The Kier molecular flexibility index (Phi) is 5.29. The first-order valence-electron chi connectivity index (χ1n) is 8.52. The number of hydrogen-bond acceptors (Lipinski definition) is 5. The second-order valence-corrected chi connectivity index (χ2v) is 8.32. The van der Waals surface area contributed by atoms with E-state index >= 15 is 0 Å². The third kappa shape index (κ3) is 4.01. The summed E-state index contributed by atoms with van der Waals surface area (Å²) in [6.07, 6.45) is 1.65. The van der Waals surface area contributed by atoms with Crippen molar-refractivity contribution in [2.45, 2.75) is 24.7 Å². The van der Waals surface area contributed by atoms with Crippen LogP contribution in [0.2, 0.25) is 0 Å². The van der Waals surface area contributed by atoms with Crippen molar-refractivity contribution in [1.29, 1.82) is 0 Å². The van der Waals surface area contributed by atoms with Crippen LogP contribution in [0.4, 0.5) is 5.69 Å². The molecule has 8 heteroatoms. The zero-order chi connectivity index (χ0) is 19.6. The van der Waals surface area contributed by atoms with Gasteiger partial charge in [-0.25, -0.2) is 8.42 Å². The van der Waals surface area contributed by atoms with E-state index in [0.29, 0.717) is 18.7 Å². The zero-order valence-corrected chi connectivity index (χ0v) is 15.6. The molecule has 2 aromatic carbocycles. The summed E-state index contributed by atoms with van der Waals surface area (Å²) in [5, 5.41) is 13.5. The smallest absolute Gasteiger partial charge is 0.255 e. The molecule has 0 unspecified atom stereocenters. The molecule has 7 nitrogen and oxygen atoms in total. The number of hydrogen-bond donors (Lipinski definition) is 1. The highest BCUT2D eigenvalue weighted by molar-refractivity contribution is 7.89. The van der Waals surface area contributed by atoms with Gasteiger partial charge in [-0.1, -0.05) is 18.2 Å². The van der Waals surface area contributed by atoms with E-state index in [1.807, 2.05) is 0 Å². The summed E-state index contributed by atoms with van der Waals surface area (Å²) in [6.45, 7) is 2.65. The number of benzene rings is 2. The first kappa shape index (κ1) is 19.1. The minimum atomic E-state index is -3.65. The summed E-state index contributed by atoms with van der Waals surface area (Å²) in [7, 11) is -3.65. The van der Waals surface area contributed by atoms with Crippen LogP contribution in [0.15, 0.2) is 47.4 Å². The highest BCUT2D eigenvalue weighted by Crippen LogP contribution is 2.25. The molecule has 0 saturated carbocycles. The second kappa shape index (κ2) is 7.50. The van der Waals surface area contributed by atoms with E-state index in [1.165, 1.54) is 34.6 Å². The number of nitrogens with zero attached hydrogens (tertiary/aromatic N) is 1. The van der Waals surface area contributed by atoms with Gasteiger partial charge in [0.05, 0.1) is 10.9 Å². The molecule has 142 valence electrons. The number of rotatable bonds is 5. The van der Waals surface area contributed by atoms with Gasteiger partial charge in [-0.05, 0) is 55.2 Å². The lowest BCUT2D eigenvalue weighted by atomic mass is 10.1. The van der Waals surface area contributed by atoms with Crippen LogP contribution in [-0.2, 0) is 10.0 Å². The number of anilines is 1. The van der Waals surface area contributed by atoms with E-state index in [4.69, 9.17) is 0 Å². The maximum atomic E-state index is 12.8. The fourth-order valence-corrected chi connectivity index (χ4v) is 4.78. The molecule has 1 N–H and O–H groups in total. The van der Waals surface area contributed by atoms with Crippen LogP contribution in [0.5, 0.6) is 0 Å². The number of nitrogens with one attached hydrogen (secondary N) is 1. The van der Waals surface area contributed by atoms with Crippen molar-refractivity contribution >= 4 is 27.6 Å². The Hall–Kier alpha value is -2.71. The first-order valence-corrected chi connectivity index (χ1v) is 9.96. The Morgan fingerprint density at radius 1 is 1.04 bits per heavy atom. The van der Waals surface area contributed by atoms with E-state index < -0.39 is 21.9 Å². The number of aryl methyl sites for hydroxylation is 1. The number of carbonyl (C=O) groups is 2. The van der Waals surface area contributed by atoms with E-state index in [9.17, 15) is 23.1 Å². The Balaban J connectivity index is 1.88. The highest BCUT2D eigenvalue weighted by Gasteiger charge is 2.29. The van der Waals surface area contributed by atoms with Crippen molar-refractivity contribution in [2.24, 2.45) is 0 Å². The van der Waals surface area contributed by atoms with Crippen LogP contribution in [0.1, 0.15) is 39.1 Å². The first-order chi connectivity index (χ1) is 12.8. The lowest BCUT2D eigenvalue weighted by molar-refractivity contribution is -0.255. The molecular weight excluding hydrogens is 368 g/mol. The molecule has 1 saturated heterocycles. The van der Waals surface area contributed by atoms with Gasteiger partial charge in [0.1, 0.15) is 0 Å². The maximum absolute atomic E-state index is 12.8. The predicted molar refractivity (Wildman–Crippen MR) is 97.9 cm³/mol. The van der Waals surface area contributed by atoms with E-state index in [-0.39, 0.29) is 21.7 Å². The maximum Gasteiger partial charge on any atom is 0.255 e. The molecule has 0 aromatic heterocycles. The van der Waals surface area contributed by atoms with Crippen molar-refractivity contribution < 1.29 is 23.1 Å². The van der Waals surface area contributed by atoms with Crippen LogP contribution in [0.25, 0.3) is 0 Å². The quantitative estimate of drug-likeness (QED) is 0.834. The SMILES string of the molecule is Cc1ccc(C(=O)Nc2cccc(C(=O)[O-])c2)cc1S(=O)(=O)N1CCCC1. The third-order valence-corrected chi connectivity index (χ3v) is 6.53. The monoisotopic (exact) mass is 387 g/mol. The van der Waals surface area contributed by atoms with Crippen LogP contribution >= 0.6 is 0 Å². The summed E-state index contributed by atoms with van der Waals surface area (Å²) in [5.74, 6) is -1.87. The number of carbonyl (C=O) groups excluding carboxylic acids is 2. The number of carboxylic acids is 1. The van der Waals surface area contributed by atoms with Crippen LogP contribution in [-0.4, -0.2) is 37.7 Å². The molecule has 0 spiro atoms. The van der Waals surface area contributed by atoms with Gasteiger partial charge in [0, 0.05) is 24.3 Å². The minimum absolute atomic E-state index is 0.0611. The summed E-state index contributed by atoms with van der Waals surface area (Å²) in [4.78, 5) is 23.6. The molecule has 27 heavy (non-hydrogen) atoms. The Bertz CT molecular complexity index is 995. The standard InChI is InChI=1S/C19H20N2O5S/c1-13-7-8-14(12-17(13)27(25,26)21-9-2-3-10-21)18(22)20-16-6-4-5-15(11-16)19(23)24/h4-8,11-12H,2-3,9-10H2,1H3,(H,20,22)(H,23,24)/p-1. The van der Waals surface area contributed by atoms with Crippen LogP contribution in [0, 0.1) is 6.92 Å². The molecule has 1 fully saturated rings. The minimum Gasteiger partial charge on any atom is -0.545 e. The Morgan fingerprint density at radius 2 is 1.74 bits per heavy atom. The van der Waals surface area contributed by atoms with Crippen molar-refractivity contribution in [3.05, 3.63) is 59.2 Å². The lowest BCUT2D eigenvalue weighted by Gasteiger charge is -2.18. The molecule has 1 aliphatic heterocycles. The molecular formula is C19H19N2O5S-. The number of carboxylic acid groups (broad SMARTS) is 1. The van der Waals surface area contributed by atoms with Gasteiger partial charge in [0.25, 0.3) is 5.91 Å². The molecule has 1 heterocycles. The van der Waals surface area contributed by atoms with Crippen molar-refractivity contribution in [3.8, 4) is 0 Å². The molecule has 0 radical (unpaired) electrons. The average molecular weight is 387 g/mol. The highest BCUT2D eigenvalue weighted by atomic mass is 32.2. The average Bonchev–Trinajstić information content (AvgIpc) is 3.17. The zero-order valence-electron chi connectivity index (χ0n) is 14.8. The third-order valence-electron chi connectivity index (χ3n) is 4.49. The number of amides is 1. The van der Waals surface area contributed by atoms with Gasteiger partial charge in [0.15, 0.2) is 0 Å². The molecule has 2 aromatic rings. The van der Waals surface area contributed by atoms with E-state index in [2.05, 4.69) is 5.32 Å². The van der Waals surface area contributed by atoms with Gasteiger partial charge < -0.3 is 15.2 Å². The number of sulfonamides is 1. The van der Waals surface area contributed by atoms with Crippen molar-refractivity contribution in [1.82, 2.24) is 4.31 Å². The van der Waals surface area contributed by atoms with Crippen molar-refractivity contribution in [2.75, 3.05) is 18.4 Å². The molecule has 1 aliphatic rings. The molecule has 0 bridgehead atoms. The molecule has 1 amide bonds. The molecule has 0 aliphatic carbocycles. The largest absolute Gasteiger partial charge is 0.545 e. The topological polar surface area (TPSA) is 107 Å². The second-order valence-electron chi connectivity index (χ2n) is 6.41. The summed E-state index contributed by atoms with van der Waals surface area (Å²) in [5.41, 5.74) is 0.967. The Labute approximate surface area is 157 Å². The van der Waals surface area contributed by atoms with E-state index in [0.717, 1.165) is 12.8 Å². The number of aromatic carboxylic acids is 1. The summed E-state index contributed by atoms with van der Waals surface area (Å²) in [6, 6.07) is 10.2. The summed E-state index contributed by atoms with van der Waals surface area (Å²) < 4.78 is 27.1. The summed E-state index contributed by atoms with van der Waals surface area (Å²) >= 11 is 0. The fraction of sp³-hybridized carbons (Fsp3) is 0.263. The van der Waals surface area contributed by atoms with Crippen LogP contribution in [0.3, 0.4) is 0 Å². The van der Waals surface area contributed by atoms with Gasteiger partial charge in [0.2, 0.25) is 10.0 Å². The predicted octanol–water partition coefficient (Wildman–Crippen LogP) is 1.40. The normalized spacial score (nSPS) is 14.9.